The summed E-state index contributed by atoms with van der Waals surface area (Å²) in [4.78, 5) is 10.8. The third-order valence-corrected chi connectivity index (χ3v) is 3.08. The first-order valence-electron chi connectivity index (χ1n) is 7.52. The topological polar surface area (TPSA) is 26.3 Å². The van der Waals surface area contributed by atoms with Crippen molar-refractivity contribution in [3.05, 3.63) is 12.2 Å². The molecule has 0 saturated carbocycles. The second-order valence-electron chi connectivity index (χ2n) is 4.89. The minimum atomic E-state index is -0.159. The van der Waals surface area contributed by atoms with Crippen LogP contribution < -0.4 is 0 Å². The zero-order valence-electron chi connectivity index (χ0n) is 12.4. The lowest BCUT2D eigenvalue weighted by Crippen LogP contribution is -2.14. The Morgan fingerprint density at radius 3 is 2.28 bits per heavy atom. The maximum absolute atomic E-state index is 10.8. The lowest BCUT2D eigenvalue weighted by atomic mass is 10.1. The van der Waals surface area contributed by atoms with Crippen molar-refractivity contribution >= 4 is 5.97 Å². The summed E-state index contributed by atoms with van der Waals surface area (Å²) < 4.78 is 5.21. The number of rotatable bonds is 11. The molecule has 0 rings (SSSR count). The molecule has 1 unspecified atom stereocenters. The molecule has 0 fully saturated rings. The van der Waals surface area contributed by atoms with Crippen LogP contribution in [0.3, 0.4) is 0 Å². The molecule has 0 amide bonds. The Morgan fingerprint density at radius 2 is 1.72 bits per heavy atom. The van der Waals surface area contributed by atoms with E-state index in [0.717, 1.165) is 25.7 Å². The molecule has 0 aromatic rings. The summed E-state index contributed by atoms with van der Waals surface area (Å²) in [6.07, 6.45) is 15.3. The number of hydrogen-bond donors (Lipinski definition) is 0. The highest BCUT2D eigenvalue weighted by Crippen LogP contribution is 2.10. The lowest BCUT2D eigenvalue weighted by molar-refractivity contribution is -0.146. The summed E-state index contributed by atoms with van der Waals surface area (Å²) in [5.41, 5.74) is 0. The molecule has 0 aliphatic heterocycles. The van der Waals surface area contributed by atoms with Gasteiger partial charge in [-0.1, -0.05) is 45.3 Å². The highest BCUT2D eigenvalue weighted by Gasteiger charge is 2.07. The van der Waals surface area contributed by atoms with Crippen molar-refractivity contribution in [2.24, 2.45) is 0 Å². The fourth-order valence-corrected chi connectivity index (χ4v) is 1.97. The Morgan fingerprint density at radius 1 is 1.06 bits per heavy atom. The molecule has 106 valence electrons. The highest BCUT2D eigenvalue weighted by atomic mass is 16.5. The van der Waals surface area contributed by atoms with Crippen molar-refractivity contribution in [3.8, 4) is 0 Å². The fraction of sp³-hybridized carbons (Fsp3) is 0.812. The van der Waals surface area contributed by atoms with Gasteiger partial charge >= 0.3 is 5.97 Å². The first-order chi connectivity index (χ1) is 8.70. The van der Waals surface area contributed by atoms with Crippen molar-refractivity contribution in [1.29, 1.82) is 0 Å². The molecular formula is C16H30O2. The smallest absolute Gasteiger partial charge is 0.302 e. The molecule has 0 radical (unpaired) electrons. The van der Waals surface area contributed by atoms with Gasteiger partial charge in [0, 0.05) is 6.92 Å². The van der Waals surface area contributed by atoms with E-state index in [4.69, 9.17) is 4.74 Å². The van der Waals surface area contributed by atoms with Gasteiger partial charge in [-0.05, 0) is 38.5 Å². The molecule has 0 aromatic heterocycles. The van der Waals surface area contributed by atoms with Gasteiger partial charge in [0.1, 0.15) is 6.10 Å². The number of carbonyl (C=O) groups is 1. The van der Waals surface area contributed by atoms with Crippen LogP contribution >= 0.6 is 0 Å². The Labute approximate surface area is 113 Å². The van der Waals surface area contributed by atoms with E-state index in [2.05, 4.69) is 26.0 Å². The number of unbranched alkanes of at least 4 members (excludes halogenated alkanes) is 5. The molecule has 2 heteroatoms. The predicted octanol–water partition coefficient (Wildman–Crippen LogP) is 5.03. The molecule has 0 N–H and O–H groups in total. The van der Waals surface area contributed by atoms with Crippen LogP contribution in [0.25, 0.3) is 0 Å². The Bertz CT molecular complexity index is 221. The molecular weight excluding hydrogens is 224 g/mol. The van der Waals surface area contributed by atoms with Crippen LogP contribution in [0.1, 0.15) is 78.6 Å². The van der Waals surface area contributed by atoms with E-state index in [0.29, 0.717) is 0 Å². The fourth-order valence-electron chi connectivity index (χ4n) is 1.97. The van der Waals surface area contributed by atoms with E-state index in [9.17, 15) is 4.79 Å². The van der Waals surface area contributed by atoms with Crippen LogP contribution in [0, 0.1) is 0 Å². The Kier molecular flexibility index (Phi) is 12.1. The quantitative estimate of drug-likeness (QED) is 0.294. The number of allylic oxidation sites excluding steroid dienone is 2. The zero-order chi connectivity index (χ0) is 13.6. The SMILES string of the molecule is CCCCCCC=CCCCC(CC)OC(C)=O. The normalized spacial score (nSPS) is 12.8. The summed E-state index contributed by atoms with van der Waals surface area (Å²) in [6.45, 7) is 5.79. The van der Waals surface area contributed by atoms with Crippen LogP contribution in [-0.2, 0) is 9.53 Å². The second-order valence-corrected chi connectivity index (χ2v) is 4.89. The molecule has 0 heterocycles. The number of hydrogen-bond acceptors (Lipinski definition) is 2. The average Bonchev–Trinajstić information content (AvgIpc) is 2.35. The maximum Gasteiger partial charge on any atom is 0.302 e. The standard InChI is InChI=1S/C16H30O2/c1-4-6-7-8-9-10-11-12-13-14-16(5-2)18-15(3)17/h10-11,16H,4-9,12-14H2,1-3H3. The van der Waals surface area contributed by atoms with Gasteiger partial charge in [0.25, 0.3) is 0 Å². The highest BCUT2D eigenvalue weighted by molar-refractivity contribution is 5.66. The van der Waals surface area contributed by atoms with E-state index in [1.54, 1.807) is 0 Å². The predicted molar refractivity (Wildman–Crippen MR) is 77.6 cm³/mol. The van der Waals surface area contributed by atoms with Gasteiger partial charge in [0.2, 0.25) is 0 Å². The van der Waals surface area contributed by atoms with E-state index in [1.165, 1.54) is 39.0 Å². The molecule has 0 bridgehead atoms. The maximum atomic E-state index is 10.8. The van der Waals surface area contributed by atoms with E-state index in [-0.39, 0.29) is 12.1 Å². The van der Waals surface area contributed by atoms with Crippen molar-refractivity contribution < 1.29 is 9.53 Å². The number of carbonyl (C=O) groups excluding carboxylic acids is 1. The number of ether oxygens (including phenoxy) is 1. The average molecular weight is 254 g/mol. The van der Waals surface area contributed by atoms with Crippen molar-refractivity contribution in [2.45, 2.75) is 84.7 Å². The van der Waals surface area contributed by atoms with E-state index < -0.39 is 0 Å². The monoisotopic (exact) mass is 254 g/mol. The lowest BCUT2D eigenvalue weighted by Gasteiger charge is -2.13. The summed E-state index contributed by atoms with van der Waals surface area (Å²) in [6, 6.07) is 0. The molecule has 0 aliphatic rings. The van der Waals surface area contributed by atoms with Crippen LogP contribution in [0.15, 0.2) is 12.2 Å². The molecule has 1 atom stereocenters. The van der Waals surface area contributed by atoms with Gasteiger partial charge in [0.15, 0.2) is 0 Å². The summed E-state index contributed by atoms with van der Waals surface area (Å²) in [5, 5.41) is 0. The van der Waals surface area contributed by atoms with Crippen molar-refractivity contribution in [1.82, 2.24) is 0 Å². The van der Waals surface area contributed by atoms with Gasteiger partial charge in [-0.15, -0.1) is 0 Å². The Hall–Kier alpha value is -0.790. The van der Waals surface area contributed by atoms with Crippen LogP contribution in [0.5, 0.6) is 0 Å². The third kappa shape index (κ3) is 11.7. The summed E-state index contributed by atoms with van der Waals surface area (Å²) >= 11 is 0. The zero-order valence-corrected chi connectivity index (χ0v) is 12.4. The minimum absolute atomic E-state index is 0.112. The van der Waals surface area contributed by atoms with Gasteiger partial charge in [-0.3, -0.25) is 4.79 Å². The molecule has 18 heavy (non-hydrogen) atoms. The van der Waals surface area contributed by atoms with E-state index >= 15 is 0 Å². The summed E-state index contributed by atoms with van der Waals surface area (Å²) in [7, 11) is 0. The summed E-state index contributed by atoms with van der Waals surface area (Å²) in [5.74, 6) is -0.159. The molecule has 0 aliphatic carbocycles. The van der Waals surface area contributed by atoms with Gasteiger partial charge in [-0.2, -0.15) is 0 Å². The van der Waals surface area contributed by atoms with Crippen molar-refractivity contribution in [2.75, 3.05) is 0 Å². The molecule has 0 aromatic carbocycles. The van der Waals surface area contributed by atoms with Gasteiger partial charge < -0.3 is 4.74 Å². The first kappa shape index (κ1) is 17.2. The first-order valence-corrected chi connectivity index (χ1v) is 7.52. The van der Waals surface area contributed by atoms with Crippen molar-refractivity contribution in [3.63, 3.8) is 0 Å². The minimum Gasteiger partial charge on any atom is -0.463 e. The Balaban J connectivity index is 3.41. The van der Waals surface area contributed by atoms with Crippen LogP contribution in [0.2, 0.25) is 0 Å². The van der Waals surface area contributed by atoms with E-state index in [1.807, 2.05) is 0 Å². The van der Waals surface area contributed by atoms with Gasteiger partial charge in [0.05, 0.1) is 0 Å². The largest absolute Gasteiger partial charge is 0.463 e. The van der Waals surface area contributed by atoms with Crippen LogP contribution in [0.4, 0.5) is 0 Å². The van der Waals surface area contributed by atoms with Gasteiger partial charge in [-0.25, -0.2) is 0 Å². The molecule has 2 nitrogen and oxygen atoms in total. The van der Waals surface area contributed by atoms with Crippen LogP contribution in [-0.4, -0.2) is 12.1 Å². The molecule has 0 saturated heterocycles. The molecule has 0 spiro atoms. The third-order valence-electron chi connectivity index (χ3n) is 3.08. The number of esters is 1. The second kappa shape index (κ2) is 12.7.